The third-order valence-electron chi connectivity index (χ3n) is 1.36. The van der Waals surface area contributed by atoms with E-state index in [1.54, 1.807) is 0 Å². The summed E-state index contributed by atoms with van der Waals surface area (Å²) in [5, 5.41) is 0.764. The molecule has 0 nitrogen and oxygen atoms in total. The molecule has 1 heteroatoms. The Morgan fingerprint density at radius 1 is 1.60 bits per heavy atom. The van der Waals surface area contributed by atoms with Crippen LogP contribution in [0.15, 0.2) is 22.8 Å². The lowest BCUT2D eigenvalue weighted by atomic mass is 10.1. The Morgan fingerprint density at radius 2 is 2.10 bits per heavy atom. The molecule has 0 amide bonds. The molecule has 0 aromatic carbocycles. The van der Waals surface area contributed by atoms with E-state index in [4.69, 9.17) is 18.0 Å². The molecule has 0 aliphatic carbocycles. The molecular formula is C9H11Cl. The lowest BCUT2D eigenvalue weighted by Gasteiger charge is -2.01. The van der Waals surface area contributed by atoms with Crippen molar-refractivity contribution in [2.45, 2.75) is 20.3 Å². The Kier molecular flexibility index (Phi) is 3.91. The molecule has 0 unspecified atom stereocenters. The molecule has 0 heterocycles. The Hall–Kier alpha value is -0.670. The zero-order valence-corrected chi connectivity index (χ0v) is 7.13. The molecule has 0 saturated carbocycles. The molecule has 54 valence electrons. The van der Waals surface area contributed by atoms with Gasteiger partial charge in [-0.2, -0.15) is 0 Å². The normalized spacial score (nSPS) is 11.8. The molecule has 0 aromatic heterocycles. The first-order valence-electron chi connectivity index (χ1n) is 3.04. The number of halogens is 1. The van der Waals surface area contributed by atoms with Crippen molar-refractivity contribution >= 4 is 11.6 Å². The van der Waals surface area contributed by atoms with Crippen molar-refractivity contribution < 1.29 is 0 Å². The third kappa shape index (κ3) is 2.75. The Labute approximate surface area is 67.6 Å². The summed E-state index contributed by atoms with van der Waals surface area (Å²) in [6.45, 7) is 7.53. The van der Waals surface area contributed by atoms with Gasteiger partial charge in [0.05, 0.1) is 0 Å². The second-order valence-electron chi connectivity index (χ2n) is 2.14. The third-order valence-corrected chi connectivity index (χ3v) is 1.65. The van der Waals surface area contributed by atoms with Gasteiger partial charge in [-0.3, -0.25) is 0 Å². The van der Waals surface area contributed by atoms with Crippen LogP contribution in [0.25, 0.3) is 0 Å². The number of hydrogen-bond donors (Lipinski definition) is 0. The lowest BCUT2D eigenvalue weighted by Crippen LogP contribution is -1.82. The molecule has 0 saturated heterocycles. The molecule has 0 atom stereocenters. The molecule has 10 heavy (non-hydrogen) atoms. The highest BCUT2D eigenvalue weighted by molar-refractivity contribution is 6.29. The predicted octanol–water partition coefficient (Wildman–Crippen LogP) is 3.10. The van der Waals surface area contributed by atoms with Crippen molar-refractivity contribution in [1.29, 1.82) is 0 Å². The van der Waals surface area contributed by atoms with E-state index in [9.17, 15) is 0 Å². The molecular weight excluding hydrogens is 144 g/mol. The van der Waals surface area contributed by atoms with Crippen molar-refractivity contribution in [2.75, 3.05) is 0 Å². The second kappa shape index (κ2) is 4.19. The zero-order valence-electron chi connectivity index (χ0n) is 6.37. The van der Waals surface area contributed by atoms with E-state index in [-0.39, 0.29) is 0 Å². The summed E-state index contributed by atoms with van der Waals surface area (Å²) in [6.07, 6.45) is 5.67. The van der Waals surface area contributed by atoms with Crippen LogP contribution < -0.4 is 0 Å². The fourth-order valence-electron chi connectivity index (χ4n) is 0.499. The van der Waals surface area contributed by atoms with E-state index in [1.807, 2.05) is 13.8 Å². The van der Waals surface area contributed by atoms with Crippen LogP contribution in [0.4, 0.5) is 0 Å². The van der Waals surface area contributed by atoms with Crippen LogP contribution in [-0.4, -0.2) is 0 Å². The van der Waals surface area contributed by atoms with Crippen LogP contribution in [-0.2, 0) is 0 Å². The van der Waals surface area contributed by atoms with Crippen molar-refractivity contribution in [2.24, 2.45) is 0 Å². The molecule has 0 fully saturated rings. The Balaban J connectivity index is 4.26. The Morgan fingerprint density at radius 3 is 2.40 bits per heavy atom. The minimum Gasteiger partial charge on any atom is -0.120 e. The summed E-state index contributed by atoms with van der Waals surface area (Å²) < 4.78 is 0. The van der Waals surface area contributed by atoms with Crippen LogP contribution in [0, 0.1) is 12.3 Å². The van der Waals surface area contributed by atoms with E-state index < -0.39 is 0 Å². The fraction of sp³-hybridized carbons (Fsp3) is 0.333. The van der Waals surface area contributed by atoms with E-state index >= 15 is 0 Å². The summed E-state index contributed by atoms with van der Waals surface area (Å²) in [4.78, 5) is 0. The highest BCUT2D eigenvalue weighted by atomic mass is 35.5. The van der Waals surface area contributed by atoms with Gasteiger partial charge in [0, 0.05) is 11.5 Å². The molecule has 0 N–H and O–H groups in total. The molecule has 0 aliphatic heterocycles. The Bertz CT molecular complexity index is 199. The number of allylic oxidation sites excluding steroid dienone is 3. The first-order chi connectivity index (χ1) is 4.59. The smallest absolute Gasteiger partial charge is 0.0334 e. The average Bonchev–Trinajstić information content (AvgIpc) is 1.87. The van der Waals surface area contributed by atoms with Crippen molar-refractivity contribution in [1.82, 2.24) is 0 Å². The van der Waals surface area contributed by atoms with Crippen LogP contribution in [0.1, 0.15) is 20.3 Å². The van der Waals surface area contributed by atoms with Crippen LogP contribution >= 0.6 is 11.6 Å². The standard InChI is InChI=1S/C9H11Cl/c1-5-6-7(2)8(3)9(4)10/h1H,2,6H2,3-4H3/b9-8-. The first kappa shape index (κ1) is 9.33. The van der Waals surface area contributed by atoms with Gasteiger partial charge in [0.2, 0.25) is 0 Å². The molecule has 0 bridgehead atoms. The number of terminal acetylenes is 1. The molecule has 0 aliphatic rings. The summed E-state index contributed by atoms with van der Waals surface area (Å²) in [6, 6.07) is 0. The van der Waals surface area contributed by atoms with Gasteiger partial charge in [0.25, 0.3) is 0 Å². The van der Waals surface area contributed by atoms with E-state index in [1.165, 1.54) is 0 Å². The summed E-state index contributed by atoms with van der Waals surface area (Å²) >= 11 is 5.71. The quantitative estimate of drug-likeness (QED) is 0.424. The maximum atomic E-state index is 5.71. The summed E-state index contributed by atoms with van der Waals surface area (Å²) in [5.74, 6) is 2.51. The fourth-order valence-corrected chi connectivity index (χ4v) is 0.633. The predicted molar refractivity (Wildman–Crippen MR) is 46.8 cm³/mol. The van der Waals surface area contributed by atoms with Crippen molar-refractivity contribution in [3.63, 3.8) is 0 Å². The average molecular weight is 155 g/mol. The lowest BCUT2D eigenvalue weighted by molar-refractivity contribution is 1.24. The van der Waals surface area contributed by atoms with Gasteiger partial charge in [-0.15, -0.1) is 12.3 Å². The van der Waals surface area contributed by atoms with Gasteiger partial charge in [-0.1, -0.05) is 18.2 Å². The largest absolute Gasteiger partial charge is 0.120 e. The van der Waals surface area contributed by atoms with E-state index in [0.29, 0.717) is 6.42 Å². The minimum atomic E-state index is 0.579. The topological polar surface area (TPSA) is 0 Å². The van der Waals surface area contributed by atoms with Crippen LogP contribution in [0.2, 0.25) is 0 Å². The van der Waals surface area contributed by atoms with Gasteiger partial charge in [-0.25, -0.2) is 0 Å². The van der Waals surface area contributed by atoms with Crippen LogP contribution in [0.3, 0.4) is 0 Å². The van der Waals surface area contributed by atoms with E-state index in [0.717, 1.165) is 16.2 Å². The number of rotatable bonds is 2. The van der Waals surface area contributed by atoms with Gasteiger partial charge >= 0.3 is 0 Å². The summed E-state index contributed by atoms with van der Waals surface area (Å²) in [7, 11) is 0. The van der Waals surface area contributed by atoms with Gasteiger partial charge < -0.3 is 0 Å². The highest BCUT2D eigenvalue weighted by Gasteiger charge is 1.96. The van der Waals surface area contributed by atoms with Gasteiger partial charge in [0.15, 0.2) is 0 Å². The summed E-state index contributed by atoms with van der Waals surface area (Å²) in [5.41, 5.74) is 1.93. The SMILES string of the molecule is C#CCC(=C)/C(C)=C(/C)Cl. The van der Waals surface area contributed by atoms with Crippen molar-refractivity contribution in [3.8, 4) is 12.3 Å². The maximum Gasteiger partial charge on any atom is 0.0334 e. The minimum absolute atomic E-state index is 0.579. The van der Waals surface area contributed by atoms with E-state index in [2.05, 4.69) is 12.5 Å². The van der Waals surface area contributed by atoms with Crippen molar-refractivity contribution in [3.05, 3.63) is 22.8 Å². The molecule has 0 radical (unpaired) electrons. The van der Waals surface area contributed by atoms with Crippen LogP contribution in [0.5, 0.6) is 0 Å². The first-order valence-corrected chi connectivity index (χ1v) is 3.42. The molecule has 0 spiro atoms. The monoisotopic (exact) mass is 154 g/mol. The number of hydrogen-bond acceptors (Lipinski definition) is 0. The zero-order chi connectivity index (χ0) is 8.15. The highest BCUT2D eigenvalue weighted by Crippen LogP contribution is 2.17. The second-order valence-corrected chi connectivity index (χ2v) is 2.71. The van der Waals surface area contributed by atoms with Gasteiger partial charge in [-0.05, 0) is 25.0 Å². The molecule has 0 aromatic rings. The maximum absolute atomic E-state index is 5.71. The van der Waals surface area contributed by atoms with Gasteiger partial charge in [0.1, 0.15) is 0 Å². The molecule has 0 rings (SSSR count).